The van der Waals surface area contributed by atoms with E-state index in [4.69, 9.17) is 13.6 Å². The fraction of sp³-hybridized carbons (Fsp3) is 1.00. The van der Waals surface area contributed by atoms with Gasteiger partial charge in [-0.1, -0.05) is 6.92 Å². The van der Waals surface area contributed by atoms with Gasteiger partial charge in [-0.05, 0) is 47.3 Å². The van der Waals surface area contributed by atoms with E-state index < -0.39 is 15.0 Å². The lowest BCUT2D eigenvalue weighted by Crippen LogP contribution is -2.31. The van der Waals surface area contributed by atoms with Crippen molar-refractivity contribution in [2.75, 3.05) is 66.2 Å². The topological polar surface area (TPSA) is 68.3 Å². The molecule has 0 fully saturated rings. The van der Waals surface area contributed by atoms with Gasteiger partial charge in [-0.15, -0.1) is 0 Å². The van der Waals surface area contributed by atoms with Crippen molar-refractivity contribution in [1.29, 1.82) is 0 Å². The molecule has 0 bridgehead atoms. The van der Waals surface area contributed by atoms with E-state index in [2.05, 4.69) is 4.90 Å². The normalized spacial score (nSPS) is 17.2. The number of hydrogen-bond donors (Lipinski definition) is 0. The monoisotopic (exact) mass is 386 g/mol. The fourth-order valence-corrected chi connectivity index (χ4v) is 6.39. The van der Waals surface area contributed by atoms with Crippen LogP contribution in [0.15, 0.2) is 0 Å². The predicted molar refractivity (Wildman–Crippen MR) is 100 cm³/mol. The summed E-state index contributed by atoms with van der Waals surface area (Å²) in [6.07, 6.45) is 2.60. The third-order valence-electron chi connectivity index (χ3n) is 3.40. The molecule has 7 nitrogen and oxygen atoms in total. The molecule has 0 aromatic carbocycles. The van der Waals surface area contributed by atoms with E-state index >= 15 is 0 Å². The van der Waals surface area contributed by atoms with E-state index in [0.717, 1.165) is 19.4 Å². The number of rotatable bonds is 15. The lowest BCUT2D eigenvalue weighted by Gasteiger charge is -2.30. The minimum atomic E-state index is -3.21. The van der Waals surface area contributed by atoms with Crippen LogP contribution >= 0.6 is 15.0 Å². The lowest BCUT2D eigenvalue weighted by atomic mass is 10.4. The highest BCUT2D eigenvalue weighted by molar-refractivity contribution is 7.59. The zero-order valence-corrected chi connectivity index (χ0v) is 18.0. The van der Waals surface area contributed by atoms with Gasteiger partial charge in [0.05, 0.1) is 19.5 Å². The standard InChI is InChI=1S/C15H36N2O5P2/c1-7-13-23(18,21-8-2)14-17(12-10-11-16(4)5)15-24(19,20-6)22-9-3/h7-15H2,1-6H3. The van der Waals surface area contributed by atoms with Crippen LogP contribution in [-0.2, 0) is 22.7 Å². The van der Waals surface area contributed by atoms with E-state index in [1.807, 2.05) is 32.8 Å². The summed E-state index contributed by atoms with van der Waals surface area (Å²) in [7, 11) is -0.578. The smallest absolute Gasteiger partial charge is 0.328 e. The molecule has 9 heteroatoms. The van der Waals surface area contributed by atoms with Gasteiger partial charge in [0.25, 0.3) is 0 Å². The molecule has 0 rings (SSSR count). The van der Waals surface area contributed by atoms with Crippen LogP contribution in [0.4, 0.5) is 0 Å². The Labute approximate surface area is 148 Å². The molecule has 0 aromatic rings. The third-order valence-corrected chi connectivity index (χ3v) is 8.04. The highest BCUT2D eigenvalue weighted by atomic mass is 31.2. The van der Waals surface area contributed by atoms with Crippen LogP contribution < -0.4 is 0 Å². The molecule has 0 N–H and O–H groups in total. The van der Waals surface area contributed by atoms with Crippen molar-refractivity contribution in [2.24, 2.45) is 0 Å². The molecule has 0 spiro atoms. The van der Waals surface area contributed by atoms with E-state index in [1.54, 1.807) is 6.92 Å². The second-order valence-electron chi connectivity index (χ2n) is 6.00. The van der Waals surface area contributed by atoms with Gasteiger partial charge in [0.2, 0.25) is 7.37 Å². The molecule has 2 atom stereocenters. The second kappa shape index (κ2) is 12.6. The number of hydrogen-bond acceptors (Lipinski definition) is 7. The Bertz CT molecular complexity index is 411. The molecule has 24 heavy (non-hydrogen) atoms. The molecule has 0 aliphatic carbocycles. The van der Waals surface area contributed by atoms with Crippen molar-refractivity contribution < 1.29 is 22.7 Å². The van der Waals surface area contributed by atoms with Crippen molar-refractivity contribution in [3.05, 3.63) is 0 Å². The van der Waals surface area contributed by atoms with Gasteiger partial charge in [-0.3, -0.25) is 14.0 Å². The first kappa shape index (κ1) is 24.3. The van der Waals surface area contributed by atoms with E-state index in [-0.39, 0.29) is 12.6 Å². The summed E-state index contributed by atoms with van der Waals surface area (Å²) >= 11 is 0. The lowest BCUT2D eigenvalue weighted by molar-refractivity contribution is 0.215. The molecular formula is C15H36N2O5P2. The Balaban J connectivity index is 5.08. The largest absolute Gasteiger partial charge is 0.344 e. The van der Waals surface area contributed by atoms with Crippen LogP contribution in [0.25, 0.3) is 0 Å². The molecule has 146 valence electrons. The van der Waals surface area contributed by atoms with Crippen molar-refractivity contribution in [3.8, 4) is 0 Å². The summed E-state index contributed by atoms with van der Waals surface area (Å²) in [6, 6.07) is 0. The van der Waals surface area contributed by atoms with Crippen molar-refractivity contribution in [2.45, 2.75) is 33.6 Å². The van der Waals surface area contributed by atoms with Crippen LogP contribution in [-0.4, -0.2) is 76.0 Å². The molecule has 2 unspecified atom stereocenters. The van der Waals surface area contributed by atoms with Crippen LogP contribution in [0.5, 0.6) is 0 Å². The molecule has 0 aliphatic heterocycles. The quantitative estimate of drug-likeness (QED) is 0.397. The predicted octanol–water partition coefficient (Wildman–Crippen LogP) is 3.76. The first-order chi connectivity index (χ1) is 11.2. The average molecular weight is 386 g/mol. The highest BCUT2D eigenvalue weighted by Crippen LogP contribution is 2.52. The summed E-state index contributed by atoms with van der Waals surface area (Å²) in [5.74, 6) is 0. The van der Waals surface area contributed by atoms with E-state index in [9.17, 15) is 9.13 Å². The minimum Gasteiger partial charge on any atom is -0.328 e. The third kappa shape index (κ3) is 10.3. The van der Waals surface area contributed by atoms with Crippen LogP contribution in [0.1, 0.15) is 33.6 Å². The summed E-state index contributed by atoms with van der Waals surface area (Å²) < 4.78 is 41.7. The Morgan fingerprint density at radius 3 is 2.00 bits per heavy atom. The van der Waals surface area contributed by atoms with Gasteiger partial charge in [0.1, 0.15) is 6.29 Å². The maximum absolute atomic E-state index is 13.0. The Morgan fingerprint density at radius 1 is 0.917 bits per heavy atom. The summed E-state index contributed by atoms with van der Waals surface area (Å²) in [5, 5.41) is 0. The molecule has 0 amide bonds. The molecule has 0 heterocycles. The Morgan fingerprint density at radius 2 is 1.54 bits per heavy atom. The van der Waals surface area contributed by atoms with Crippen LogP contribution in [0.2, 0.25) is 0 Å². The zero-order valence-electron chi connectivity index (χ0n) is 16.2. The van der Waals surface area contributed by atoms with Crippen LogP contribution in [0.3, 0.4) is 0 Å². The Kier molecular flexibility index (Phi) is 12.7. The van der Waals surface area contributed by atoms with Gasteiger partial charge in [-0.25, -0.2) is 0 Å². The van der Waals surface area contributed by atoms with Gasteiger partial charge in [-0.2, -0.15) is 0 Å². The van der Waals surface area contributed by atoms with Gasteiger partial charge in [0.15, 0.2) is 0 Å². The zero-order chi connectivity index (χ0) is 18.6. The maximum atomic E-state index is 13.0. The fourth-order valence-electron chi connectivity index (χ4n) is 2.45. The average Bonchev–Trinajstić information content (AvgIpc) is 2.47. The highest BCUT2D eigenvalue weighted by Gasteiger charge is 2.31. The van der Waals surface area contributed by atoms with E-state index in [0.29, 0.717) is 25.9 Å². The van der Waals surface area contributed by atoms with Gasteiger partial charge < -0.3 is 18.5 Å². The van der Waals surface area contributed by atoms with E-state index in [1.165, 1.54) is 7.11 Å². The molecular weight excluding hydrogens is 350 g/mol. The van der Waals surface area contributed by atoms with Crippen molar-refractivity contribution >= 4 is 15.0 Å². The van der Waals surface area contributed by atoms with Crippen LogP contribution in [0, 0.1) is 0 Å². The first-order valence-electron chi connectivity index (χ1n) is 8.63. The number of nitrogens with zero attached hydrogens (tertiary/aromatic N) is 2. The molecule has 0 aromatic heterocycles. The molecule has 0 saturated carbocycles. The first-order valence-corrected chi connectivity index (χ1v) is 12.4. The maximum Gasteiger partial charge on any atom is 0.344 e. The molecule has 0 aliphatic rings. The molecule has 0 radical (unpaired) electrons. The van der Waals surface area contributed by atoms with Gasteiger partial charge in [0, 0.05) is 19.8 Å². The summed E-state index contributed by atoms with van der Waals surface area (Å²) in [4.78, 5) is 4.00. The second-order valence-corrected chi connectivity index (χ2v) is 10.7. The van der Waals surface area contributed by atoms with Crippen molar-refractivity contribution in [1.82, 2.24) is 9.80 Å². The minimum absolute atomic E-state index is 0.131. The van der Waals surface area contributed by atoms with Crippen molar-refractivity contribution in [3.63, 3.8) is 0 Å². The van der Waals surface area contributed by atoms with Gasteiger partial charge >= 0.3 is 7.60 Å². The summed E-state index contributed by atoms with van der Waals surface area (Å²) in [5.41, 5.74) is 0. The summed E-state index contributed by atoms with van der Waals surface area (Å²) in [6.45, 7) is 7.91. The Hall–Kier alpha value is 0.260. The molecule has 0 saturated heterocycles. The SMILES string of the molecule is CCCP(=O)(CN(CCCN(C)C)CP(=O)(OC)OCC)OCC.